The predicted molar refractivity (Wildman–Crippen MR) is 111 cm³/mol. The topological polar surface area (TPSA) is 58.6 Å². The molecule has 0 aliphatic rings. The first-order valence-corrected chi connectivity index (χ1v) is 9.85. The van der Waals surface area contributed by atoms with Gasteiger partial charge in [-0.25, -0.2) is 4.39 Å². The average molecular weight is 421 g/mol. The predicted octanol–water partition coefficient (Wildman–Crippen LogP) is 4.05. The summed E-state index contributed by atoms with van der Waals surface area (Å²) in [5, 5.41) is 3.33. The van der Waals surface area contributed by atoms with Crippen molar-refractivity contribution in [1.82, 2.24) is 10.2 Å². The van der Waals surface area contributed by atoms with E-state index in [1.807, 2.05) is 19.9 Å². The molecule has 0 fully saturated rings. The Hall–Kier alpha value is -2.60. The van der Waals surface area contributed by atoms with Gasteiger partial charge in [-0.3, -0.25) is 9.59 Å². The number of amides is 2. The van der Waals surface area contributed by atoms with E-state index < -0.39 is 24.4 Å². The summed E-state index contributed by atoms with van der Waals surface area (Å²) in [6, 6.07) is 12.2. The van der Waals surface area contributed by atoms with Gasteiger partial charge in [0.2, 0.25) is 5.91 Å². The molecule has 1 N–H and O–H groups in total. The SMILES string of the molecule is CC(C)CNC(=O)[C@@H](C)N(Cc1ccccc1Cl)C(=O)COc1ccccc1F. The van der Waals surface area contributed by atoms with E-state index in [0.717, 1.165) is 0 Å². The molecular formula is C22H26ClFN2O3. The van der Waals surface area contributed by atoms with Crippen LogP contribution in [0.15, 0.2) is 48.5 Å². The molecule has 0 heterocycles. The molecule has 0 saturated heterocycles. The third-order valence-electron chi connectivity index (χ3n) is 4.34. The second-order valence-electron chi connectivity index (χ2n) is 7.15. The maximum absolute atomic E-state index is 13.8. The molecule has 5 nitrogen and oxygen atoms in total. The number of nitrogens with zero attached hydrogens (tertiary/aromatic N) is 1. The second-order valence-corrected chi connectivity index (χ2v) is 7.55. The molecule has 0 aliphatic carbocycles. The fourth-order valence-electron chi connectivity index (χ4n) is 2.63. The summed E-state index contributed by atoms with van der Waals surface area (Å²) in [5.74, 6) is -1.01. The van der Waals surface area contributed by atoms with Crippen LogP contribution in [0.2, 0.25) is 5.02 Å². The van der Waals surface area contributed by atoms with Crippen molar-refractivity contribution in [3.63, 3.8) is 0 Å². The lowest BCUT2D eigenvalue weighted by Crippen LogP contribution is -2.49. The summed E-state index contributed by atoms with van der Waals surface area (Å²) in [6.07, 6.45) is 0. The van der Waals surface area contributed by atoms with Crippen LogP contribution >= 0.6 is 11.6 Å². The van der Waals surface area contributed by atoms with Gasteiger partial charge in [-0.05, 0) is 36.6 Å². The van der Waals surface area contributed by atoms with E-state index in [4.69, 9.17) is 16.3 Å². The number of ether oxygens (including phenoxy) is 1. The molecule has 0 aliphatic heterocycles. The molecule has 0 spiro atoms. The van der Waals surface area contributed by atoms with Gasteiger partial charge in [-0.2, -0.15) is 0 Å². The maximum Gasteiger partial charge on any atom is 0.261 e. The Morgan fingerprint density at radius 3 is 2.41 bits per heavy atom. The minimum absolute atomic E-state index is 0.0181. The second kappa shape index (κ2) is 10.8. The van der Waals surface area contributed by atoms with E-state index in [2.05, 4.69) is 5.32 Å². The number of carbonyl (C=O) groups is 2. The summed E-state index contributed by atoms with van der Waals surface area (Å²) < 4.78 is 19.1. The van der Waals surface area contributed by atoms with Gasteiger partial charge < -0.3 is 15.0 Å². The molecule has 29 heavy (non-hydrogen) atoms. The number of hydrogen-bond acceptors (Lipinski definition) is 3. The van der Waals surface area contributed by atoms with Gasteiger partial charge in [0.05, 0.1) is 0 Å². The van der Waals surface area contributed by atoms with Crippen molar-refractivity contribution in [2.45, 2.75) is 33.4 Å². The lowest BCUT2D eigenvalue weighted by molar-refractivity contribution is -0.142. The van der Waals surface area contributed by atoms with Gasteiger partial charge >= 0.3 is 0 Å². The summed E-state index contributed by atoms with van der Waals surface area (Å²) in [5.41, 5.74) is 0.705. The molecule has 2 rings (SSSR count). The highest BCUT2D eigenvalue weighted by Gasteiger charge is 2.27. The van der Waals surface area contributed by atoms with E-state index in [9.17, 15) is 14.0 Å². The molecule has 7 heteroatoms. The lowest BCUT2D eigenvalue weighted by Gasteiger charge is -2.29. The van der Waals surface area contributed by atoms with Gasteiger partial charge in [-0.1, -0.05) is 55.8 Å². The number of para-hydroxylation sites is 1. The zero-order valence-electron chi connectivity index (χ0n) is 16.8. The number of rotatable bonds is 9. The minimum atomic E-state index is -0.748. The molecule has 0 bridgehead atoms. The smallest absolute Gasteiger partial charge is 0.261 e. The van der Waals surface area contributed by atoms with Crippen LogP contribution in [0.3, 0.4) is 0 Å². The van der Waals surface area contributed by atoms with Crippen molar-refractivity contribution in [2.75, 3.05) is 13.2 Å². The third-order valence-corrected chi connectivity index (χ3v) is 4.71. The van der Waals surface area contributed by atoms with Gasteiger partial charge in [0, 0.05) is 18.1 Å². The zero-order valence-corrected chi connectivity index (χ0v) is 17.6. The fraction of sp³-hybridized carbons (Fsp3) is 0.364. The number of carbonyl (C=O) groups excluding carboxylic acids is 2. The van der Waals surface area contributed by atoms with Crippen LogP contribution in [0, 0.1) is 11.7 Å². The molecule has 1 atom stereocenters. The van der Waals surface area contributed by atoms with E-state index in [-0.39, 0.29) is 24.1 Å². The largest absolute Gasteiger partial charge is 0.481 e. The first-order valence-electron chi connectivity index (χ1n) is 9.47. The Morgan fingerprint density at radius 1 is 1.10 bits per heavy atom. The summed E-state index contributed by atoms with van der Waals surface area (Å²) in [7, 11) is 0. The van der Waals surface area contributed by atoms with Crippen LogP contribution in [-0.4, -0.2) is 35.9 Å². The normalized spacial score (nSPS) is 11.8. The Morgan fingerprint density at radius 2 is 1.76 bits per heavy atom. The molecule has 0 radical (unpaired) electrons. The standard InChI is InChI=1S/C22H26ClFN2O3/c1-15(2)12-25-22(28)16(3)26(13-17-8-4-5-9-18(17)23)21(27)14-29-20-11-7-6-10-19(20)24/h4-11,15-16H,12-14H2,1-3H3,(H,25,28)/t16-/m1/s1. The molecule has 2 aromatic rings. The molecule has 0 saturated carbocycles. The first-order chi connectivity index (χ1) is 13.8. The fourth-order valence-corrected chi connectivity index (χ4v) is 2.82. The van der Waals surface area contributed by atoms with Gasteiger partial charge in [0.25, 0.3) is 5.91 Å². The first kappa shape index (κ1) is 22.7. The third kappa shape index (κ3) is 6.75. The Bertz CT molecular complexity index is 844. The Balaban J connectivity index is 2.16. The number of hydrogen-bond donors (Lipinski definition) is 1. The molecule has 0 aromatic heterocycles. The summed E-state index contributed by atoms with van der Waals surface area (Å²) in [4.78, 5) is 26.8. The van der Waals surface area contributed by atoms with Gasteiger partial charge in [0.1, 0.15) is 6.04 Å². The number of nitrogens with one attached hydrogen (secondary N) is 1. The average Bonchev–Trinajstić information content (AvgIpc) is 2.70. The Labute approximate surface area is 175 Å². The van der Waals surface area contributed by atoms with Crippen molar-refractivity contribution in [3.05, 3.63) is 64.9 Å². The quantitative estimate of drug-likeness (QED) is 0.665. The highest BCUT2D eigenvalue weighted by Crippen LogP contribution is 2.20. The molecule has 2 amide bonds. The van der Waals surface area contributed by atoms with Crippen LogP contribution in [0.25, 0.3) is 0 Å². The van der Waals surface area contributed by atoms with Crippen molar-refractivity contribution in [2.24, 2.45) is 5.92 Å². The van der Waals surface area contributed by atoms with E-state index in [1.165, 1.54) is 23.1 Å². The summed E-state index contributed by atoms with van der Waals surface area (Å²) in [6.45, 7) is 5.86. The maximum atomic E-state index is 13.8. The van der Waals surface area contributed by atoms with Crippen LogP contribution in [0.5, 0.6) is 5.75 Å². The molecule has 2 aromatic carbocycles. The van der Waals surface area contributed by atoms with Crippen molar-refractivity contribution in [1.29, 1.82) is 0 Å². The Kier molecular flexibility index (Phi) is 8.46. The van der Waals surface area contributed by atoms with Crippen molar-refractivity contribution < 1.29 is 18.7 Å². The van der Waals surface area contributed by atoms with Crippen LogP contribution in [0.1, 0.15) is 26.3 Å². The van der Waals surface area contributed by atoms with Crippen molar-refractivity contribution in [3.8, 4) is 5.75 Å². The molecule has 0 unspecified atom stereocenters. The van der Waals surface area contributed by atoms with Crippen LogP contribution in [0.4, 0.5) is 4.39 Å². The highest BCUT2D eigenvalue weighted by atomic mass is 35.5. The number of benzene rings is 2. The van der Waals surface area contributed by atoms with E-state index >= 15 is 0 Å². The summed E-state index contributed by atoms with van der Waals surface area (Å²) >= 11 is 6.23. The minimum Gasteiger partial charge on any atom is -0.481 e. The number of halogens is 2. The zero-order chi connectivity index (χ0) is 21.4. The van der Waals surface area contributed by atoms with E-state index in [0.29, 0.717) is 17.1 Å². The van der Waals surface area contributed by atoms with E-state index in [1.54, 1.807) is 31.2 Å². The highest BCUT2D eigenvalue weighted by molar-refractivity contribution is 6.31. The van der Waals surface area contributed by atoms with Gasteiger partial charge in [0.15, 0.2) is 18.2 Å². The molecule has 156 valence electrons. The van der Waals surface area contributed by atoms with Crippen LogP contribution in [-0.2, 0) is 16.1 Å². The monoisotopic (exact) mass is 420 g/mol. The lowest BCUT2D eigenvalue weighted by atomic mass is 10.1. The van der Waals surface area contributed by atoms with Crippen molar-refractivity contribution >= 4 is 23.4 Å². The van der Waals surface area contributed by atoms with Gasteiger partial charge in [-0.15, -0.1) is 0 Å². The molecular weight excluding hydrogens is 395 g/mol. The van der Waals surface area contributed by atoms with Crippen LogP contribution < -0.4 is 10.1 Å².